The highest BCUT2D eigenvalue weighted by molar-refractivity contribution is 4.89. The molecule has 3 heteroatoms. The van der Waals surface area contributed by atoms with Crippen LogP contribution in [0.5, 0.6) is 0 Å². The lowest BCUT2D eigenvalue weighted by atomic mass is 9.61. The molecule has 0 aromatic rings. The number of halogens is 3. The summed E-state index contributed by atoms with van der Waals surface area (Å²) in [7, 11) is 0. The van der Waals surface area contributed by atoms with Crippen LogP contribution in [-0.4, -0.2) is 6.18 Å². The molecule has 16 heavy (non-hydrogen) atoms. The molecule has 0 aliphatic heterocycles. The number of alkyl halides is 3. The smallest absolute Gasteiger partial charge is 0.171 e. The Kier molecular flexibility index (Phi) is 4.90. The largest absolute Gasteiger partial charge is 0.389 e. The van der Waals surface area contributed by atoms with Gasteiger partial charge >= 0.3 is 6.18 Å². The van der Waals surface area contributed by atoms with Crippen LogP contribution < -0.4 is 0 Å². The first-order chi connectivity index (χ1) is 6.96. The first kappa shape index (κ1) is 15.8. The molecule has 0 saturated heterocycles. The topological polar surface area (TPSA) is 0 Å². The summed E-state index contributed by atoms with van der Waals surface area (Å²) in [6.45, 7) is 11.7. The monoisotopic (exact) mass is 238 g/mol. The van der Waals surface area contributed by atoms with Crippen LogP contribution >= 0.6 is 0 Å². The van der Waals surface area contributed by atoms with Crippen LogP contribution in [0.4, 0.5) is 13.2 Å². The third-order valence-corrected chi connectivity index (χ3v) is 4.14. The lowest BCUT2D eigenvalue weighted by Crippen LogP contribution is -2.38. The third-order valence-electron chi connectivity index (χ3n) is 4.14. The highest BCUT2D eigenvalue weighted by Crippen LogP contribution is 2.49. The minimum absolute atomic E-state index is 0.269. The van der Waals surface area contributed by atoms with Gasteiger partial charge in [-0.3, -0.25) is 0 Å². The van der Waals surface area contributed by atoms with Crippen molar-refractivity contribution < 1.29 is 13.2 Å². The van der Waals surface area contributed by atoms with Gasteiger partial charge in [-0.2, -0.15) is 13.2 Å². The van der Waals surface area contributed by atoms with Crippen molar-refractivity contribution >= 4 is 0 Å². The van der Waals surface area contributed by atoms with Crippen molar-refractivity contribution in [3.05, 3.63) is 0 Å². The normalized spacial score (nSPS) is 14.6. The van der Waals surface area contributed by atoms with Crippen LogP contribution in [-0.2, 0) is 0 Å². The molecule has 98 valence electrons. The van der Waals surface area contributed by atoms with E-state index >= 15 is 0 Å². The maximum atomic E-state index is 12.6. The van der Waals surface area contributed by atoms with Crippen molar-refractivity contribution in [3.63, 3.8) is 0 Å². The van der Waals surface area contributed by atoms with Gasteiger partial charge in [0.2, 0.25) is 0 Å². The number of rotatable bonds is 5. The van der Waals surface area contributed by atoms with Crippen molar-refractivity contribution in [3.8, 4) is 0 Å². The van der Waals surface area contributed by atoms with Crippen LogP contribution in [0.25, 0.3) is 0 Å². The van der Waals surface area contributed by atoms with Crippen molar-refractivity contribution in [2.24, 2.45) is 16.7 Å². The predicted octanol–water partition coefficient (Wildman–Crippen LogP) is 5.43. The van der Waals surface area contributed by atoms with Crippen molar-refractivity contribution in [2.45, 2.75) is 67.0 Å². The molecule has 0 N–H and O–H groups in total. The van der Waals surface area contributed by atoms with Gasteiger partial charge in [-0.25, -0.2) is 0 Å². The highest BCUT2D eigenvalue weighted by Gasteiger charge is 2.45. The zero-order chi connectivity index (χ0) is 13.2. The first-order valence-corrected chi connectivity index (χ1v) is 6.03. The molecule has 0 unspecified atom stereocenters. The Bertz CT molecular complexity index is 198. The molecule has 0 rings (SSSR count). The quantitative estimate of drug-likeness (QED) is 0.599. The highest BCUT2D eigenvalue weighted by atomic mass is 19.4. The van der Waals surface area contributed by atoms with Crippen LogP contribution in [0.2, 0.25) is 0 Å². The van der Waals surface area contributed by atoms with Gasteiger partial charge in [0, 0.05) is 6.42 Å². The SMILES string of the molecule is CCC(C)(C)C(CC(F)(F)F)C(C)(C)CC. The van der Waals surface area contributed by atoms with Gasteiger partial charge in [0.25, 0.3) is 0 Å². The Morgan fingerprint density at radius 3 is 1.31 bits per heavy atom. The van der Waals surface area contributed by atoms with E-state index in [1.165, 1.54) is 0 Å². The third kappa shape index (κ3) is 4.34. The summed E-state index contributed by atoms with van der Waals surface area (Å²) in [5.41, 5.74) is -0.538. The molecule has 0 atom stereocenters. The lowest BCUT2D eigenvalue weighted by Gasteiger charge is -2.44. The fourth-order valence-corrected chi connectivity index (χ4v) is 2.33. The Balaban J connectivity index is 5.07. The van der Waals surface area contributed by atoms with Crippen LogP contribution in [0.1, 0.15) is 60.8 Å². The second-order valence-electron chi connectivity index (χ2n) is 6.06. The average Bonchev–Trinajstić information content (AvgIpc) is 2.12. The van der Waals surface area contributed by atoms with Crippen LogP contribution in [0.3, 0.4) is 0 Å². The Hall–Kier alpha value is -0.210. The molecule has 0 nitrogen and oxygen atoms in total. The molecule has 0 heterocycles. The predicted molar refractivity (Wildman–Crippen MR) is 62.3 cm³/mol. The summed E-state index contributed by atoms with van der Waals surface area (Å²) in [4.78, 5) is 0. The molecule has 0 aliphatic rings. The van der Waals surface area contributed by atoms with E-state index in [0.717, 1.165) is 12.8 Å². The van der Waals surface area contributed by atoms with Crippen molar-refractivity contribution in [2.75, 3.05) is 0 Å². The summed E-state index contributed by atoms with van der Waals surface area (Å²) in [5.74, 6) is -0.324. The molecule has 0 bridgehead atoms. The van der Waals surface area contributed by atoms with E-state index in [-0.39, 0.29) is 16.7 Å². The lowest BCUT2D eigenvalue weighted by molar-refractivity contribution is -0.166. The summed E-state index contributed by atoms with van der Waals surface area (Å²) >= 11 is 0. The number of hydrogen-bond acceptors (Lipinski definition) is 0. The Labute approximate surface area is 97.6 Å². The zero-order valence-electron chi connectivity index (χ0n) is 11.3. The number of hydrogen-bond donors (Lipinski definition) is 0. The van der Waals surface area contributed by atoms with Crippen LogP contribution in [0, 0.1) is 16.7 Å². The van der Waals surface area contributed by atoms with Gasteiger partial charge in [-0.15, -0.1) is 0 Å². The Morgan fingerprint density at radius 1 is 0.812 bits per heavy atom. The van der Waals surface area contributed by atoms with Crippen molar-refractivity contribution in [1.29, 1.82) is 0 Å². The second-order valence-corrected chi connectivity index (χ2v) is 6.06. The van der Waals surface area contributed by atoms with Gasteiger partial charge in [-0.05, 0) is 16.7 Å². The van der Waals surface area contributed by atoms with E-state index in [4.69, 9.17) is 0 Å². The molecule has 0 amide bonds. The standard InChI is InChI=1S/C13H25F3/c1-7-11(3,4)10(9-13(14,15)16)12(5,6)8-2/h10H,7-9H2,1-6H3. The van der Waals surface area contributed by atoms with Gasteiger partial charge < -0.3 is 0 Å². The fraction of sp³-hybridized carbons (Fsp3) is 1.00. The van der Waals surface area contributed by atoms with Gasteiger partial charge in [-0.1, -0.05) is 54.4 Å². The fourth-order valence-electron chi connectivity index (χ4n) is 2.33. The minimum atomic E-state index is -4.07. The van der Waals surface area contributed by atoms with Gasteiger partial charge in [0.1, 0.15) is 0 Å². The van der Waals surface area contributed by atoms with E-state index < -0.39 is 12.6 Å². The summed E-state index contributed by atoms with van der Waals surface area (Å²) in [5, 5.41) is 0. The summed E-state index contributed by atoms with van der Waals surface area (Å²) < 4.78 is 37.9. The average molecular weight is 238 g/mol. The van der Waals surface area contributed by atoms with Crippen molar-refractivity contribution in [1.82, 2.24) is 0 Å². The molecule has 0 saturated carbocycles. The summed E-state index contributed by atoms with van der Waals surface area (Å²) in [6, 6.07) is 0. The molecule has 0 fully saturated rings. The zero-order valence-corrected chi connectivity index (χ0v) is 11.3. The Morgan fingerprint density at radius 2 is 1.12 bits per heavy atom. The molecule has 0 aromatic carbocycles. The van der Waals surface area contributed by atoms with Crippen LogP contribution in [0.15, 0.2) is 0 Å². The first-order valence-electron chi connectivity index (χ1n) is 6.03. The molecule has 0 radical (unpaired) electrons. The van der Waals surface area contributed by atoms with E-state index in [1.54, 1.807) is 0 Å². The summed E-state index contributed by atoms with van der Waals surface area (Å²) in [6.07, 6.45) is -3.19. The maximum Gasteiger partial charge on any atom is 0.389 e. The minimum Gasteiger partial charge on any atom is -0.171 e. The molecule has 0 aliphatic carbocycles. The van der Waals surface area contributed by atoms with E-state index in [9.17, 15) is 13.2 Å². The van der Waals surface area contributed by atoms with E-state index in [1.807, 2.05) is 41.5 Å². The molecular formula is C13H25F3. The molecule has 0 spiro atoms. The van der Waals surface area contributed by atoms with E-state index in [0.29, 0.717) is 0 Å². The molecule has 0 aromatic heterocycles. The van der Waals surface area contributed by atoms with Gasteiger partial charge in [0.05, 0.1) is 0 Å². The second kappa shape index (κ2) is 4.97. The van der Waals surface area contributed by atoms with Gasteiger partial charge in [0.15, 0.2) is 0 Å². The molecular weight excluding hydrogens is 213 g/mol. The van der Waals surface area contributed by atoms with E-state index in [2.05, 4.69) is 0 Å². The maximum absolute atomic E-state index is 12.6.